The molecule has 1 atom stereocenters. The van der Waals surface area contributed by atoms with Crippen LogP contribution in [0.25, 0.3) is 0 Å². The Labute approximate surface area is 151 Å². The average Bonchev–Trinajstić information content (AvgIpc) is 2.60. The molecular formula is C20H18ClNO3. The van der Waals surface area contributed by atoms with Crippen molar-refractivity contribution in [2.45, 2.75) is 25.9 Å². The topological polar surface area (TPSA) is 55.4 Å². The van der Waals surface area contributed by atoms with Gasteiger partial charge in [-0.3, -0.25) is 4.79 Å². The van der Waals surface area contributed by atoms with Gasteiger partial charge in [0, 0.05) is 23.1 Å². The van der Waals surface area contributed by atoms with Crippen molar-refractivity contribution in [2.75, 3.05) is 0 Å². The molecule has 128 valence electrons. The van der Waals surface area contributed by atoms with Gasteiger partial charge < -0.3 is 10.1 Å². The Bertz CT molecular complexity index is 813. The molecule has 0 saturated heterocycles. The van der Waals surface area contributed by atoms with Crippen LogP contribution in [0.1, 0.15) is 30.4 Å². The van der Waals surface area contributed by atoms with E-state index in [4.69, 9.17) is 16.3 Å². The number of hydrogen-bond acceptors (Lipinski definition) is 3. The van der Waals surface area contributed by atoms with Crippen LogP contribution in [-0.4, -0.2) is 11.9 Å². The van der Waals surface area contributed by atoms with E-state index in [2.05, 4.69) is 5.32 Å². The highest BCUT2D eigenvalue weighted by Gasteiger charge is 2.32. The summed E-state index contributed by atoms with van der Waals surface area (Å²) in [5, 5.41) is 3.34. The maximum absolute atomic E-state index is 12.7. The molecule has 0 spiro atoms. The van der Waals surface area contributed by atoms with Crippen molar-refractivity contribution in [1.82, 2.24) is 5.32 Å². The van der Waals surface area contributed by atoms with Crippen molar-refractivity contribution in [2.24, 2.45) is 0 Å². The van der Waals surface area contributed by atoms with E-state index in [0.29, 0.717) is 16.3 Å². The van der Waals surface area contributed by atoms with Crippen molar-refractivity contribution in [3.8, 4) is 0 Å². The standard InChI is InChI=1S/C20H18ClNO3/c1-13-19(20(24)25-12-14-5-3-2-4-6-14)17(11-18(23)22-13)15-7-9-16(21)10-8-15/h2-10,17H,11-12H2,1H3,(H,22,23). The molecule has 25 heavy (non-hydrogen) atoms. The van der Waals surface area contributed by atoms with Crippen LogP contribution >= 0.6 is 11.6 Å². The van der Waals surface area contributed by atoms with Gasteiger partial charge in [-0.2, -0.15) is 0 Å². The normalized spacial score (nSPS) is 17.2. The number of benzene rings is 2. The molecule has 1 amide bonds. The Balaban J connectivity index is 1.84. The van der Waals surface area contributed by atoms with Gasteiger partial charge >= 0.3 is 5.97 Å². The number of ether oxygens (including phenoxy) is 1. The molecule has 2 aromatic carbocycles. The first kappa shape index (κ1) is 17.2. The van der Waals surface area contributed by atoms with Crippen molar-refractivity contribution in [1.29, 1.82) is 0 Å². The molecule has 3 rings (SSSR count). The molecule has 0 bridgehead atoms. The smallest absolute Gasteiger partial charge is 0.336 e. The molecule has 5 heteroatoms. The number of halogens is 1. The maximum Gasteiger partial charge on any atom is 0.336 e. The summed E-state index contributed by atoms with van der Waals surface area (Å²) in [6.45, 7) is 1.91. The number of esters is 1. The van der Waals surface area contributed by atoms with Gasteiger partial charge in [0.15, 0.2) is 0 Å². The van der Waals surface area contributed by atoms with Crippen molar-refractivity contribution < 1.29 is 14.3 Å². The van der Waals surface area contributed by atoms with Crippen LogP contribution in [0.15, 0.2) is 65.9 Å². The quantitative estimate of drug-likeness (QED) is 0.844. The molecule has 0 radical (unpaired) electrons. The fourth-order valence-electron chi connectivity index (χ4n) is 2.95. The molecule has 1 heterocycles. The van der Waals surface area contributed by atoms with Crippen molar-refractivity contribution in [3.05, 3.63) is 82.0 Å². The van der Waals surface area contributed by atoms with Crippen LogP contribution in [0.3, 0.4) is 0 Å². The van der Waals surface area contributed by atoms with Gasteiger partial charge in [0.25, 0.3) is 0 Å². The van der Waals surface area contributed by atoms with Gasteiger partial charge in [0.05, 0.1) is 5.57 Å². The molecule has 1 aliphatic rings. The van der Waals surface area contributed by atoms with Gasteiger partial charge in [-0.25, -0.2) is 4.79 Å². The summed E-state index contributed by atoms with van der Waals surface area (Å²) in [6, 6.07) is 16.7. The molecule has 2 aromatic rings. The van der Waals surface area contributed by atoms with Crippen LogP contribution in [0.5, 0.6) is 0 Å². The highest BCUT2D eigenvalue weighted by Crippen LogP contribution is 2.34. The Morgan fingerprint density at radius 1 is 1.16 bits per heavy atom. The lowest BCUT2D eigenvalue weighted by atomic mass is 9.84. The number of nitrogens with one attached hydrogen (secondary N) is 1. The van der Waals surface area contributed by atoms with Crippen LogP contribution in [-0.2, 0) is 20.9 Å². The summed E-state index contributed by atoms with van der Waals surface area (Å²) < 4.78 is 5.47. The number of carbonyl (C=O) groups excluding carboxylic acids is 2. The highest BCUT2D eigenvalue weighted by molar-refractivity contribution is 6.30. The van der Waals surface area contributed by atoms with Crippen molar-refractivity contribution >= 4 is 23.5 Å². The Hall–Kier alpha value is -2.59. The van der Waals surface area contributed by atoms with Crippen LogP contribution < -0.4 is 5.32 Å². The predicted octanol–water partition coefficient (Wildman–Crippen LogP) is 3.96. The first-order chi connectivity index (χ1) is 12.0. The minimum atomic E-state index is -0.415. The summed E-state index contributed by atoms with van der Waals surface area (Å²) in [6.07, 6.45) is 0.203. The predicted molar refractivity (Wildman–Crippen MR) is 95.9 cm³/mol. The lowest BCUT2D eigenvalue weighted by Crippen LogP contribution is -2.34. The van der Waals surface area contributed by atoms with E-state index in [1.807, 2.05) is 42.5 Å². The monoisotopic (exact) mass is 355 g/mol. The SMILES string of the molecule is CC1=C(C(=O)OCc2ccccc2)C(c2ccc(Cl)cc2)CC(=O)N1. The van der Waals surface area contributed by atoms with E-state index in [9.17, 15) is 9.59 Å². The van der Waals surface area contributed by atoms with Gasteiger partial charge in [0.2, 0.25) is 5.91 Å². The second-order valence-electron chi connectivity index (χ2n) is 5.96. The maximum atomic E-state index is 12.7. The minimum Gasteiger partial charge on any atom is -0.457 e. The van der Waals surface area contributed by atoms with Gasteiger partial charge in [-0.05, 0) is 30.2 Å². The third-order valence-electron chi connectivity index (χ3n) is 4.17. The van der Waals surface area contributed by atoms with Crippen LogP contribution in [0.4, 0.5) is 0 Å². The molecule has 0 fully saturated rings. The van der Waals surface area contributed by atoms with E-state index in [1.54, 1.807) is 19.1 Å². The number of hydrogen-bond donors (Lipinski definition) is 1. The summed E-state index contributed by atoms with van der Waals surface area (Å²) in [5.41, 5.74) is 2.80. The molecule has 0 aromatic heterocycles. The molecular weight excluding hydrogens is 338 g/mol. The van der Waals surface area contributed by atoms with Gasteiger partial charge in [-0.1, -0.05) is 54.1 Å². The first-order valence-corrected chi connectivity index (χ1v) is 8.39. The number of allylic oxidation sites excluding steroid dienone is 1. The third kappa shape index (κ3) is 4.09. The summed E-state index contributed by atoms with van der Waals surface area (Å²) in [5.74, 6) is -0.868. The lowest BCUT2D eigenvalue weighted by molar-refractivity contribution is -0.141. The molecule has 1 N–H and O–H groups in total. The fraction of sp³-hybridized carbons (Fsp3) is 0.200. The molecule has 1 unspecified atom stereocenters. The summed E-state index contributed by atoms with van der Waals surface area (Å²) in [4.78, 5) is 24.6. The molecule has 1 aliphatic heterocycles. The third-order valence-corrected chi connectivity index (χ3v) is 4.43. The summed E-state index contributed by atoms with van der Waals surface area (Å²) >= 11 is 5.94. The Morgan fingerprint density at radius 3 is 2.52 bits per heavy atom. The van der Waals surface area contributed by atoms with Crippen molar-refractivity contribution in [3.63, 3.8) is 0 Å². The van der Waals surface area contributed by atoms with Crippen LogP contribution in [0, 0.1) is 0 Å². The molecule has 4 nitrogen and oxygen atoms in total. The molecule has 0 saturated carbocycles. The van der Waals surface area contributed by atoms with Gasteiger partial charge in [-0.15, -0.1) is 0 Å². The van der Waals surface area contributed by atoms with E-state index in [1.165, 1.54) is 0 Å². The Kier molecular flexibility index (Phi) is 5.19. The van der Waals surface area contributed by atoms with E-state index in [0.717, 1.165) is 11.1 Å². The van der Waals surface area contributed by atoms with E-state index in [-0.39, 0.29) is 24.9 Å². The highest BCUT2D eigenvalue weighted by atomic mass is 35.5. The molecule has 0 aliphatic carbocycles. The minimum absolute atomic E-state index is 0.114. The van der Waals surface area contributed by atoms with Crippen LogP contribution in [0.2, 0.25) is 5.02 Å². The van der Waals surface area contributed by atoms with E-state index < -0.39 is 5.97 Å². The fourth-order valence-corrected chi connectivity index (χ4v) is 3.08. The largest absolute Gasteiger partial charge is 0.457 e. The summed E-state index contributed by atoms with van der Waals surface area (Å²) in [7, 11) is 0. The zero-order chi connectivity index (χ0) is 17.8. The van der Waals surface area contributed by atoms with Gasteiger partial charge in [0.1, 0.15) is 6.61 Å². The second kappa shape index (κ2) is 7.53. The second-order valence-corrected chi connectivity index (χ2v) is 6.39. The number of carbonyl (C=O) groups is 2. The lowest BCUT2D eigenvalue weighted by Gasteiger charge is -2.26. The zero-order valence-electron chi connectivity index (χ0n) is 13.8. The average molecular weight is 356 g/mol. The number of rotatable bonds is 4. The zero-order valence-corrected chi connectivity index (χ0v) is 14.5. The Morgan fingerprint density at radius 2 is 1.84 bits per heavy atom. The number of amides is 1. The first-order valence-electron chi connectivity index (χ1n) is 8.01. The van der Waals surface area contributed by atoms with E-state index >= 15 is 0 Å².